The maximum atomic E-state index is 12.2. The maximum Gasteiger partial charge on any atom is 0.255 e. The van der Waals surface area contributed by atoms with E-state index in [1.54, 1.807) is 31.4 Å². The highest BCUT2D eigenvalue weighted by Crippen LogP contribution is 2.23. The summed E-state index contributed by atoms with van der Waals surface area (Å²) in [7, 11) is 1.77. The lowest BCUT2D eigenvalue weighted by molar-refractivity contribution is 0.0893. The second-order valence-electron chi connectivity index (χ2n) is 5.95. The minimum atomic E-state index is -0.142. The molecule has 4 nitrogen and oxygen atoms in total. The molecular formula is C19H21ClN2O2. The molecule has 0 saturated carbocycles. The van der Waals surface area contributed by atoms with Gasteiger partial charge in [-0.25, -0.2) is 0 Å². The molecule has 0 radical (unpaired) electrons. The summed E-state index contributed by atoms with van der Waals surface area (Å²) >= 11 is 5.84. The zero-order chi connectivity index (χ0) is 16.9. The standard InChI is InChI=1S/C19H21ClN2O2/c1-24-18-3-2-12-22(13-18)17-10-8-16(9-11-17)21-19(23)14-4-6-15(20)7-5-14/h4-11,18H,2-3,12-13H2,1H3,(H,21,23). The van der Waals surface area contributed by atoms with Crippen LogP contribution in [0, 0.1) is 0 Å². The van der Waals surface area contributed by atoms with E-state index in [2.05, 4.69) is 10.2 Å². The van der Waals surface area contributed by atoms with Crippen molar-refractivity contribution >= 4 is 28.9 Å². The number of methoxy groups -OCH3 is 1. The molecule has 3 rings (SSSR count). The van der Waals surface area contributed by atoms with Gasteiger partial charge >= 0.3 is 0 Å². The highest BCUT2D eigenvalue weighted by Gasteiger charge is 2.19. The Labute approximate surface area is 147 Å². The molecule has 24 heavy (non-hydrogen) atoms. The number of benzene rings is 2. The minimum absolute atomic E-state index is 0.142. The van der Waals surface area contributed by atoms with Gasteiger partial charge in [0, 0.05) is 42.2 Å². The van der Waals surface area contributed by atoms with Crippen molar-refractivity contribution in [2.24, 2.45) is 0 Å². The number of hydrogen-bond acceptors (Lipinski definition) is 3. The van der Waals surface area contributed by atoms with Gasteiger partial charge in [-0.15, -0.1) is 0 Å². The second kappa shape index (κ2) is 7.69. The van der Waals surface area contributed by atoms with E-state index in [1.807, 2.05) is 24.3 Å². The molecule has 126 valence electrons. The molecule has 0 bridgehead atoms. The van der Waals surface area contributed by atoms with E-state index < -0.39 is 0 Å². The fraction of sp³-hybridized carbons (Fsp3) is 0.316. The van der Waals surface area contributed by atoms with E-state index in [1.165, 1.54) is 0 Å². The number of piperidine rings is 1. The number of amides is 1. The lowest BCUT2D eigenvalue weighted by Gasteiger charge is -2.33. The average Bonchev–Trinajstić information content (AvgIpc) is 2.63. The minimum Gasteiger partial charge on any atom is -0.380 e. The zero-order valence-electron chi connectivity index (χ0n) is 13.7. The molecule has 0 aromatic heterocycles. The van der Waals surface area contributed by atoms with E-state index in [-0.39, 0.29) is 5.91 Å². The molecule has 1 N–H and O–H groups in total. The van der Waals surface area contributed by atoms with Gasteiger partial charge in [0.05, 0.1) is 6.10 Å². The fourth-order valence-corrected chi connectivity index (χ4v) is 3.05. The SMILES string of the molecule is COC1CCCN(c2ccc(NC(=O)c3ccc(Cl)cc3)cc2)C1. The van der Waals surface area contributed by atoms with Crippen molar-refractivity contribution in [3.05, 3.63) is 59.1 Å². The quantitative estimate of drug-likeness (QED) is 0.903. The molecule has 0 aliphatic carbocycles. The summed E-state index contributed by atoms with van der Waals surface area (Å²) in [4.78, 5) is 14.5. The van der Waals surface area contributed by atoms with Crippen LogP contribution >= 0.6 is 11.6 Å². The summed E-state index contributed by atoms with van der Waals surface area (Å²) in [5, 5.41) is 3.52. The predicted octanol–water partition coefficient (Wildman–Crippen LogP) is 4.21. The van der Waals surface area contributed by atoms with Crippen LogP contribution in [0.3, 0.4) is 0 Å². The summed E-state index contributed by atoms with van der Waals surface area (Å²) in [5.74, 6) is -0.142. The number of rotatable bonds is 4. The Bertz CT molecular complexity index is 686. The molecule has 2 aromatic carbocycles. The largest absolute Gasteiger partial charge is 0.380 e. The fourth-order valence-electron chi connectivity index (χ4n) is 2.93. The van der Waals surface area contributed by atoms with Gasteiger partial charge in [0.25, 0.3) is 5.91 Å². The van der Waals surface area contributed by atoms with Crippen LogP contribution < -0.4 is 10.2 Å². The number of carbonyl (C=O) groups is 1. The van der Waals surface area contributed by atoms with Crippen LogP contribution in [0.25, 0.3) is 0 Å². The van der Waals surface area contributed by atoms with Crippen molar-refractivity contribution in [3.63, 3.8) is 0 Å². The molecule has 1 saturated heterocycles. The molecule has 1 fully saturated rings. The topological polar surface area (TPSA) is 41.6 Å². The van der Waals surface area contributed by atoms with Crippen molar-refractivity contribution in [3.8, 4) is 0 Å². The Balaban J connectivity index is 1.64. The van der Waals surface area contributed by atoms with Crippen molar-refractivity contribution in [2.75, 3.05) is 30.4 Å². The Hall–Kier alpha value is -2.04. The van der Waals surface area contributed by atoms with Gasteiger partial charge in [-0.2, -0.15) is 0 Å². The Kier molecular flexibility index (Phi) is 5.38. The van der Waals surface area contributed by atoms with Crippen LogP contribution in [0.15, 0.2) is 48.5 Å². The number of nitrogens with zero attached hydrogens (tertiary/aromatic N) is 1. The van der Waals surface area contributed by atoms with Crippen LogP contribution in [0.2, 0.25) is 5.02 Å². The van der Waals surface area contributed by atoms with Crippen molar-refractivity contribution < 1.29 is 9.53 Å². The summed E-state index contributed by atoms with van der Waals surface area (Å²) < 4.78 is 5.47. The molecule has 2 aromatic rings. The number of nitrogens with one attached hydrogen (secondary N) is 1. The van der Waals surface area contributed by atoms with Gasteiger partial charge in [0.1, 0.15) is 0 Å². The first kappa shape index (κ1) is 16.8. The molecular weight excluding hydrogens is 324 g/mol. The summed E-state index contributed by atoms with van der Waals surface area (Å²) in [6.45, 7) is 1.95. The molecule has 1 amide bonds. The van der Waals surface area contributed by atoms with Crippen molar-refractivity contribution in [2.45, 2.75) is 18.9 Å². The van der Waals surface area contributed by atoms with Crippen LogP contribution in [0.1, 0.15) is 23.2 Å². The van der Waals surface area contributed by atoms with Gasteiger partial charge in [-0.3, -0.25) is 4.79 Å². The van der Waals surface area contributed by atoms with E-state index >= 15 is 0 Å². The Morgan fingerprint density at radius 3 is 2.54 bits per heavy atom. The van der Waals surface area contributed by atoms with Gasteiger partial charge in [-0.1, -0.05) is 11.6 Å². The number of carbonyl (C=O) groups excluding carboxylic acids is 1. The monoisotopic (exact) mass is 344 g/mol. The number of ether oxygens (including phenoxy) is 1. The zero-order valence-corrected chi connectivity index (χ0v) is 14.4. The molecule has 1 aliphatic rings. The van der Waals surface area contributed by atoms with Gasteiger partial charge in [-0.05, 0) is 61.4 Å². The van der Waals surface area contributed by atoms with Crippen LogP contribution in [0.4, 0.5) is 11.4 Å². The van der Waals surface area contributed by atoms with Crippen molar-refractivity contribution in [1.82, 2.24) is 0 Å². The van der Waals surface area contributed by atoms with Gasteiger partial charge in [0.2, 0.25) is 0 Å². The first-order chi connectivity index (χ1) is 11.7. The normalized spacial score (nSPS) is 17.6. The van der Waals surface area contributed by atoms with E-state index in [0.717, 1.165) is 37.3 Å². The predicted molar refractivity (Wildman–Crippen MR) is 98.1 cm³/mol. The first-order valence-electron chi connectivity index (χ1n) is 8.10. The van der Waals surface area contributed by atoms with Gasteiger partial charge in [0.15, 0.2) is 0 Å². The van der Waals surface area contributed by atoms with Crippen molar-refractivity contribution in [1.29, 1.82) is 0 Å². The van der Waals surface area contributed by atoms with E-state index in [9.17, 15) is 4.79 Å². The maximum absolute atomic E-state index is 12.2. The molecule has 1 aliphatic heterocycles. The average molecular weight is 345 g/mol. The lowest BCUT2D eigenvalue weighted by atomic mass is 10.1. The van der Waals surface area contributed by atoms with Crippen LogP contribution in [0.5, 0.6) is 0 Å². The third-order valence-corrected chi connectivity index (χ3v) is 4.56. The highest BCUT2D eigenvalue weighted by molar-refractivity contribution is 6.30. The highest BCUT2D eigenvalue weighted by atomic mass is 35.5. The van der Waals surface area contributed by atoms with E-state index in [0.29, 0.717) is 16.7 Å². The number of halogens is 1. The summed E-state index contributed by atoms with van der Waals surface area (Å²) in [6.07, 6.45) is 2.54. The first-order valence-corrected chi connectivity index (χ1v) is 8.48. The summed E-state index contributed by atoms with van der Waals surface area (Å²) in [5.41, 5.74) is 2.52. The molecule has 1 atom stereocenters. The van der Waals surface area contributed by atoms with E-state index in [4.69, 9.17) is 16.3 Å². The third-order valence-electron chi connectivity index (χ3n) is 4.31. The van der Waals surface area contributed by atoms with Crippen LogP contribution in [-0.2, 0) is 4.74 Å². The summed E-state index contributed by atoms with van der Waals surface area (Å²) in [6, 6.07) is 14.8. The number of anilines is 2. The molecule has 1 unspecified atom stereocenters. The molecule has 0 spiro atoms. The Morgan fingerprint density at radius 1 is 1.17 bits per heavy atom. The van der Waals surface area contributed by atoms with Gasteiger partial charge < -0.3 is 15.0 Å². The third kappa shape index (κ3) is 4.08. The molecule has 5 heteroatoms. The number of hydrogen-bond donors (Lipinski definition) is 1. The smallest absolute Gasteiger partial charge is 0.255 e. The van der Waals surface area contributed by atoms with Crippen LogP contribution in [-0.4, -0.2) is 32.2 Å². The molecule has 1 heterocycles. The Morgan fingerprint density at radius 2 is 1.88 bits per heavy atom. The second-order valence-corrected chi connectivity index (χ2v) is 6.39. The lowest BCUT2D eigenvalue weighted by Crippen LogP contribution is -2.39.